The van der Waals surface area contributed by atoms with Crippen LogP contribution < -0.4 is 0 Å². The third-order valence-corrected chi connectivity index (χ3v) is 15.8. The summed E-state index contributed by atoms with van der Waals surface area (Å²) in [4.78, 5) is 0. The van der Waals surface area contributed by atoms with Gasteiger partial charge in [-0.3, -0.25) is 0 Å². The molecule has 0 radical (unpaired) electrons. The highest BCUT2D eigenvalue weighted by molar-refractivity contribution is 6.85. The zero-order valence-electron chi connectivity index (χ0n) is 15.2. The van der Waals surface area contributed by atoms with Crippen molar-refractivity contribution >= 4 is 27.1 Å². The molecule has 0 aromatic carbocycles. The number of hydrogen-bond acceptors (Lipinski definition) is 4. The molecular weight excluding hydrogens is 316 g/mol. The minimum Gasteiger partial charge on any atom is -0.420 e. The molecule has 1 aliphatic rings. The molecule has 0 amide bonds. The van der Waals surface area contributed by atoms with Crippen LogP contribution >= 0.6 is 0 Å². The molecule has 1 aliphatic heterocycles. The average Bonchev–Trinajstić information content (AvgIpc) is 2.36. The van der Waals surface area contributed by atoms with Gasteiger partial charge in [0.1, 0.15) is 0 Å². The third kappa shape index (κ3) is 4.73. The Labute approximate surface area is 135 Å². The smallest absolute Gasteiger partial charge is 0.352 e. The van der Waals surface area contributed by atoms with E-state index in [1.165, 1.54) is 0 Å². The Hall–Kier alpha value is 0.491. The number of rotatable bonds is 6. The van der Waals surface area contributed by atoms with Crippen LogP contribution in [-0.2, 0) is 17.1 Å². The topological polar surface area (TPSA) is 36.9 Å². The van der Waals surface area contributed by atoms with E-state index >= 15 is 0 Å². The molecule has 0 bridgehead atoms. The van der Waals surface area contributed by atoms with Crippen molar-refractivity contribution in [1.82, 2.24) is 0 Å². The van der Waals surface area contributed by atoms with Crippen molar-refractivity contribution in [3.05, 3.63) is 0 Å². The Morgan fingerprint density at radius 1 is 0.762 bits per heavy atom. The molecule has 1 saturated heterocycles. The summed E-state index contributed by atoms with van der Waals surface area (Å²) in [6.45, 7) is 19.6. The van der Waals surface area contributed by atoms with Crippen LogP contribution in [0, 0.1) is 0 Å². The van der Waals surface area contributed by atoms with Gasteiger partial charge in [-0.25, -0.2) is 0 Å². The van der Waals surface area contributed by atoms with Crippen LogP contribution in [0.15, 0.2) is 0 Å². The molecule has 21 heavy (non-hydrogen) atoms. The predicted octanol–water partition coefficient (Wildman–Crippen LogP) is 3.52. The molecule has 3 atom stereocenters. The fourth-order valence-electron chi connectivity index (χ4n) is 2.60. The molecule has 0 N–H and O–H groups in total. The molecule has 0 saturated carbocycles. The second-order valence-electron chi connectivity index (χ2n) is 7.30. The summed E-state index contributed by atoms with van der Waals surface area (Å²) in [7, 11) is -5.76. The normalized spacial score (nSPS) is 32.4. The maximum absolute atomic E-state index is 6.58. The summed E-state index contributed by atoms with van der Waals surface area (Å²) in [5.41, 5.74) is 1.36. The molecule has 1 fully saturated rings. The van der Waals surface area contributed by atoms with E-state index in [2.05, 4.69) is 62.3 Å². The van der Waals surface area contributed by atoms with Crippen LogP contribution in [-0.4, -0.2) is 39.0 Å². The SMILES string of the molecule is CC(C)OC(C)[Si]1(C(C)C)O[SiH](C(C)C)O[SiH](C(C)C)O1. The van der Waals surface area contributed by atoms with E-state index in [-0.39, 0.29) is 11.8 Å². The lowest BCUT2D eigenvalue weighted by molar-refractivity contribution is 0.0309. The summed E-state index contributed by atoms with van der Waals surface area (Å²) in [6, 6.07) is 0. The van der Waals surface area contributed by atoms with Gasteiger partial charge in [0.15, 0.2) is 0 Å². The molecule has 0 spiro atoms. The first-order valence-electron chi connectivity index (χ1n) is 8.26. The van der Waals surface area contributed by atoms with Gasteiger partial charge < -0.3 is 17.1 Å². The summed E-state index contributed by atoms with van der Waals surface area (Å²) >= 11 is 0. The van der Waals surface area contributed by atoms with E-state index < -0.39 is 27.1 Å². The molecule has 3 unspecified atom stereocenters. The van der Waals surface area contributed by atoms with Crippen LogP contribution in [0.2, 0.25) is 16.6 Å². The lowest BCUT2D eigenvalue weighted by Gasteiger charge is -2.49. The first-order valence-corrected chi connectivity index (χ1v) is 13.5. The van der Waals surface area contributed by atoms with E-state index in [0.717, 1.165) is 0 Å². The predicted molar refractivity (Wildman–Crippen MR) is 94.3 cm³/mol. The Kier molecular flexibility index (Phi) is 7.30. The summed E-state index contributed by atoms with van der Waals surface area (Å²) < 4.78 is 25.6. The van der Waals surface area contributed by atoms with Gasteiger partial charge in [-0.05, 0) is 37.4 Å². The largest absolute Gasteiger partial charge is 0.420 e. The van der Waals surface area contributed by atoms with Crippen molar-refractivity contribution in [3.8, 4) is 0 Å². The fourth-order valence-corrected chi connectivity index (χ4v) is 18.5. The molecule has 4 nitrogen and oxygen atoms in total. The second kappa shape index (κ2) is 7.85. The monoisotopic (exact) mass is 350 g/mol. The van der Waals surface area contributed by atoms with Gasteiger partial charge in [0.2, 0.25) is 0 Å². The molecule has 126 valence electrons. The minimum absolute atomic E-state index is 0.0453. The van der Waals surface area contributed by atoms with Crippen molar-refractivity contribution in [2.75, 3.05) is 0 Å². The maximum Gasteiger partial charge on any atom is 0.352 e. The molecule has 0 aromatic heterocycles. The van der Waals surface area contributed by atoms with Crippen molar-refractivity contribution in [3.63, 3.8) is 0 Å². The molecule has 7 heteroatoms. The molecule has 0 aromatic rings. The van der Waals surface area contributed by atoms with Crippen molar-refractivity contribution in [1.29, 1.82) is 0 Å². The summed E-state index contributed by atoms with van der Waals surface area (Å²) in [5, 5.41) is 0. The standard InChI is InChI=1S/C14H34O4Si3/c1-10(2)15-14(9)21(13(7)8)17-19(11(3)4)16-20(18-21)12(5)6/h10-14,19-20H,1-9H3. The van der Waals surface area contributed by atoms with Gasteiger partial charge in [-0.15, -0.1) is 0 Å². The van der Waals surface area contributed by atoms with E-state index in [0.29, 0.717) is 16.6 Å². The Bertz CT molecular complexity index is 307. The maximum atomic E-state index is 6.58. The minimum atomic E-state index is -2.40. The second-order valence-corrected chi connectivity index (χ2v) is 17.8. The number of hydrogen-bond donors (Lipinski definition) is 0. The van der Waals surface area contributed by atoms with Gasteiger partial charge in [-0.2, -0.15) is 0 Å². The van der Waals surface area contributed by atoms with E-state index in [1.807, 2.05) is 0 Å². The molecule has 0 aliphatic carbocycles. The zero-order chi connectivity index (χ0) is 16.4. The first-order chi connectivity index (χ1) is 9.60. The van der Waals surface area contributed by atoms with Gasteiger partial charge in [0.05, 0.1) is 11.8 Å². The Morgan fingerprint density at radius 3 is 1.48 bits per heavy atom. The lowest BCUT2D eigenvalue weighted by Crippen LogP contribution is -2.67. The van der Waals surface area contributed by atoms with E-state index in [9.17, 15) is 0 Å². The van der Waals surface area contributed by atoms with Gasteiger partial charge in [-0.1, -0.05) is 41.5 Å². The highest BCUT2D eigenvalue weighted by Gasteiger charge is 2.56. The molecular formula is C14H34O4Si3. The summed E-state index contributed by atoms with van der Waals surface area (Å²) in [5.74, 6) is 0. The van der Waals surface area contributed by atoms with Crippen LogP contribution in [0.1, 0.15) is 62.3 Å². The highest BCUT2D eigenvalue weighted by atomic mass is 28.5. The Balaban J connectivity index is 3.08. The number of ether oxygens (including phenoxy) is 1. The lowest BCUT2D eigenvalue weighted by atomic mass is 10.5. The van der Waals surface area contributed by atoms with Crippen LogP contribution in [0.5, 0.6) is 0 Å². The summed E-state index contributed by atoms with van der Waals surface area (Å²) in [6.07, 6.45) is 0.191. The van der Waals surface area contributed by atoms with Crippen molar-refractivity contribution in [2.24, 2.45) is 0 Å². The first kappa shape index (κ1) is 19.5. The Morgan fingerprint density at radius 2 is 1.19 bits per heavy atom. The quantitative estimate of drug-likeness (QED) is 0.687. The zero-order valence-corrected chi connectivity index (χ0v) is 18.5. The average molecular weight is 351 g/mol. The van der Waals surface area contributed by atoms with Crippen molar-refractivity contribution < 1.29 is 17.1 Å². The van der Waals surface area contributed by atoms with E-state index in [1.54, 1.807) is 0 Å². The van der Waals surface area contributed by atoms with Crippen molar-refractivity contribution in [2.45, 2.75) is 90.8 Å². The molecule has 1 heterocycles. The highest BCUT2D eigenvalue weighted by Crippen LogP contribution is 2.37. The third-order valence-electron chi connectivity index (χ3n) is 3.81. The fraction of sp³-hybridized carbons (Fsp3) is 1.00. The van der Waals surface area contributed by atoms with Crippen LogP contribution in [0.4, 0.5) is 0 Å². The van der Waals surface area contributed by atoms with E-state index in [4.69, 9.17) is 17.1 Å². The van der Waals surface area contributed by atoms with Crippen LogP contribution in [0.25, 0.3) is 0 Å². The van der Waals surface area contributed by atoms with Gasteiger partial charge >= 0.3 is 27.1 Å². The van der Waals surface area contributed by atoms with Gasteiger partial charge in [0.25, 0.3) is 0 Å². The van der Waals surface area contributed by atoms with Gasteiger partial charge in [0, 0.05) is 0 Å². The molecule has 1 rings (SSSR count). The van der Waals surface area contributed by atoms with Crippen LogP contribution in [0.3, 0.4) is 0 Å².